The SMILES string of the molecule is CCO[C@H]1CC[C@@H](N2CCC(NC(=O)OC(C)(C)C)CC2)CC1. The van der Waals surface area contributed by atoms with Crippen molar-refractivity contribution in [1.29, 1.82) is 0 Å². The normalized spacial score (nSPS) is 27.7. The molecular weight excluding hydrogens is 292 g/mol. The molecule has 1 amide bonds. The van der Waals surface area contributed by atoms with Gasteiger partial charge < -0.3 is 19.7 Å². The highest BCUT2D eigenvalue weighted by Crippen LogP contribution is 2.27. The Hall–Kier alpha value is -0.810. The van der Waals surface area contributed by atoms with E-state index in [2.05, 4.69) is 17.1 Å². The standard InChI is InChI=1S/C18H34N2O3/c1-5-22-16-8-6-15(7-9-16)20-12-10-14(11-13-20)19-17(21)23-18(2,3)4/h14-16H,5-13H2,1-4H3,(H,19,21)/t15-,16+. The van der Waals surface area contributed by atoms with Gasteiger partial charge in [0.1, 0.15) is 5.60 Å². The van der Waals surface area contributed by atoms with Crippen LogP contribution in [0, 0.1) is 0 Å². The molecule has 5 nitrogen and oxygen atoms in total. The first kappa shape index (κ1) is 18.5. The van der Waals surface area contributed by atoms with E-state index < -0.39 is 5.60 Å². The van der Waals surface area contributed by atoms with Gasteiger partial charge in [0.2, 0.25) is 0 Å². The number of hydrogen-bond acceptors (Lipinski definition) is 4. The molecule has 0 atom stereocenters. The maximum absolute atomic E-state index is 11.8. The minimum absolute atomic E-state index is 0.251. The summed E-state index contributed by atoms with van der Waals surface area (Å²) in [6.45, 7) is 10.7. The number of nitrogens with one attached hydrogen (secondary N) is 1. The topological polar surface area (TPSA) is 50.8 Å². The van der Waals surface area contributed by atoms with E-state index in [0.29, 0.717) is 12.1 Å². The fraction of sp³-hybridized carbons (Fsp3) is 0.944. The third-order valence-corrected chi connectivity index (χ3v) is 4.81. The number of rotatable bonds is 4. The van der Waals surface area contributed by atoms with E-state index in [1.807, 2.05) is 20.8 Å². The number of ether oxygens (including phenoxy) is 2. The van der Waals surface area contributed by atoms with Crippen LogP contribution in [0.4, 0.5) is 4.79 Å². The number of carbonyl (C=O) groups is 1. The van der Waals surface area contributed by atoms with Crippen molar-refractivity contribution in [1.82, 2.24) is 10.2 Å². The Morgan fingerprint density at radius 2 is 1.70 bits per heavy atom. The molecule has 134 valence electrons. The monoisotopic (exact) mass is 326 g/mol. The summed E-state index contributed by atoms with van der Waals surface area (Å²) in [4.78, 5) is 14.5. The molecule has 0 bridgehead atoms. The predicted molar refractivity (Wildman–Crippen MR) is 91.6 cm³/mol. The van der Waals surface area contributed by atoms with Gasteiger partial charge >= 0.3 is 6.09 Å². The first-order valence-corrected chi connectivity index (χ1v) is 9.22. The van der Waals surface area contributed by atoms with Crippen LogP contribution in [0.25, 0.3) is 0 Å². The summed E-state index contributed by atoms with van der Waals surface area (Å²) in [5.74, 6) is 0. The molecule has 1 aliphatic heterocycles. The molecule has 0 unspecified atom stereocenters. The molecule has 0 spiro atoms. The third kappa shape index (κ3) is 6.30. The van der Waals surface area contributed by atoms with Gasteiger partial charge in [-0.15, -0.1) is 0 Å². The lowest BCUT2D eigenvalue weighted by atomic mass is 9.90. The highest BCUT2D eigenvalue weighted by atomic mass is 16.6. The summed E-state index contributed by atoms with van der Waals surface area (Å²) in [7, 11) is 0. The molecule has 23 heavy (non-hydrogen) atoms. The van der Waals surface area contributed by atoms with Crippen molar-refractivity contribution in [2.45, 2.75) is 90.0 Å². The van der Waals surface area contributed by atoms with Gasteiger partial charge in [0.15, 0.2) is 0 Å². The maximum atomic E-state index is 11.8. The number of likely N-dealkylation sites (tertiary alicyclic amines) is 1. The summed E-state index contributed by atoms with van der Waals surface area (Å²) in [6, 6.07) is 0.954. The number of carbonyl (C=O) groups excluding carboxylic acids is 1. The average Bonchev–Trinajstić information content (AvgIpc) is 2.47. The van der Waals surface area contributed by atoms with Crippen LogP contribution in [0.1, 0.15) is 66.2 Å². The van der Waals surface area contributed by atoms with Gasteiger partial charge in [-0.25, -0.2) is 4.79 Å². The summed E-state index contributed by atoms with van der Waals surface area (Å²) >= 11 is 0. The first-order chi connectivity index (χ1) is 10.9. The molecule has 0 radical (unpaired) electrons. The minimum Gasteiger partial charge on any atom is -0.444 e. The Kier molecular flexibility index (Phi) is 6.72. The second-order valence-electron chi connectivity index (χ2n) is 7.84. The number of alkyl carbamates (subject to hydrolysis) is 1. The van der Waals surface area contributed by atoms with Crippen LogP contribution in [0.15, 0.2) is 0 Å². The van der Waals surface area contributed by atoms with E-state index in [4.69, 9.17) is 9.47 Å². The summed E-state index contributed by atoms with van der Waals surface area (Å²) in [6.07, 6.45) is 7.10. The van der Waals surface area contributed by atoms with Crippen molar-refractivity contribution < 1.29 is 14.3 Å². The highest BCUT2D eigenvalue weighted by molar-refractivity contribution is 5.68. The molecule has 0 aromatic heterocycles. The first-order valence-electron chi connectivity index (χ1n) is 9.22. The number of piperidine rings is 1. The Morgan fingerprint density at radius 3 is 2.22 bits per heavy atom. The van der Waals surface area contributed by atoms with Crippen LogP contribution in [0.5, 0.6) is 0 Å². The zero-order valence-corrected chi connectivity index (χ0v) is 15.3. The van der Waals surface area contributed by atoms with Gasteiger partial charge in [-0.3, -0.25) is 0 Å². The average molecular weight is 326 g/mol. The molecule has 1 heterocycles. The second-order valence-corrected chi connectivity index (χ2v) is 7.84. The van der Waals surface area contributed by atoms with Crippen LogP contribution in [-0.2, 0) is 9.47 Å². The zero-order chi connectivity index (χ0) is 16.9. The van der Waals surface area contributed by atoms with E-state index in [1.54, 1.807) is 0 Å². The summed E-state index contributed by atoms with van der Waals surface area (Å²) < 4.78 is 11.1. The lowest BCUT2D eigenvalue weighted by Crippen LogP contribution is -2.49. The van der Waals surface area contributed by atoms with E-state index in [-0.39, 0.29) is 12.1 Å². The van der Waals surface area contributed by atoms with Crippen molar-refractivity contribution in [3.63, 3.8) is 0 Å². The molecule has 1 saturated heterocycles. The molecule has 1 N–H and O–H groups in total. The molecule has 2 fully saturated rings. The number of amides is 1. The molecule has 0 aromatic carbocycles. The maximum Gasteiger partial charge on any atom is 0.407 e. The third-order valence-electron chi connectivity index (χ3n) is 4.81. The lowest BCUT2D eigenvalue weighted by molar-refractivity contribution is 0.00789. The van der Waals surface area contributed by atoms with Crippen molar-refractivity contribution in [3.05, 3.63) is 0 Å². The summed E-state index contributed by atoms with van der Waals surface area (Å²) in [5, 5.41) is 3.01. The molecule has 5 heteroatoms. The Balaban J connectivity index is 1.67. The summed E-state index contributed by atoms with van der Waals surface area (Å²) in [5.41, 5.74) is -0.427. The molecule has 1 saturated carbocycles. The Morgan fingerprint density at radius 1 is 1.09 bits per heavy atom. The van der Waals surface area contributed by atoms with Crippen LogP contribution in [-0.4, -0.2) is 54.5 Å². The lowest BCUT2D eigenvalue weighted by Gasteiger charge is -2.40. The van der Waals surface area contributed by atoms with Gasteiger partial charge in [0, 0.05) is 31.8 Å². The van der Waals surface area contributed by atoms with Crippen LogP contribution in [0.3, 0.4) is 0 Å². The van der Waals surface area contributed by atoms with E-state index in [1.165, 1.54) is 25.7 Å². The molecular formula is C18H34N2O3. The van der Waals surface area contributed by atoms with Crippen molar-refractivity contribution >= 4 is 6.09 Å². The van der Waals surface area contributed by atoms with Crippen molar-refractivity contribution in [2.75, 3.05) is 19.7 Å². The number of hydrogen-bond donors (Lipinski definition) is 1. The van der Waals surface area contributed by atoms with Gasteiger partial charge in [0.25, 0.3) is 0 Å². The molecule has 1 aliphatic carbocycles. The highest BCUT2D eigenvalue weighted by Gasteiger charge is 2.30. The van der Waals surface area contributed by atoms with Gasteiger partial charge in [-0.2, -0.15) is 0 Å². The van der Waals surface area contributed by atoms with E-state index in [0.717, 1.165) is 32.5 Å². The minimum atomic E-state index is -0.427. The van der Waals surface area contributed by atoms with Gasteiger partial charge in [-0.05, 0) is 66.2 Å². The van der Waals surface area contributed by atoms with E-state index >= 15 is 0 Å². The van der Waals surface area contributed by atoms with Crippen molar-refractivity contribution in [3.8, 4) is 0 Å². The largest absolute Gasteiger partial charge is 0.444 e. The van der Waals surface area contributed by atoms with Crippen molar-refractivity contribution in [2.24, 2.45) is 0 Å². The fourth-order valence-corrected chi connectivity index (χ4v) is 3.70. The van der Waals surface area contributed by atoms with Gasteiger partial charge in [0.05, 0.1) is 6.10 Å². The van der Waals surface area contributed by atoms with Gasteiger partial charge in [-0.1, -0.05) is 0 Å². The van der Waals surface area contributed by atoms with Crippen LogP contribution in [0.2, 0.25) is 0 Å². The Labute approximate surface area is 141 Å². The predicted octanol–water partition coefficient (Wildman–Crippen LogP) is 3.32. The van der Waals surface area contributed by atoms with Crippen LogP contribution < -0.4 is 5.32 Å². The Bertz CT molecular complexity index is 365. The quantitative estimate of drug-likeness (QED) is 0.861. The van der Waals surface area contributed by atoms with Crippen LogP contribution >= 0.6 is 0 Å². The second kappa shape index (κ2) is 8.34. The molecule has 0 aromatic rings. The number of nitrogens with zero attached hydrogens (tertiary/aromatic N) is 1. The smallest absolute Gasteiger partial charge is 0.407 e. The zero-order valence-electron chi connectivity index (χ0n) is 15.3. The fourth-order valence-electron chi connectivity index (χ4n) is 3.70. The molecule has 2 aliphatic rings. The van der Waals surface area contributed by atoms with E-state index in [9.17, 15) is 4.79 Å². The molecule has 2 rings (SSSR count).